The summed E-state index contributed by atoms with van der Waals surface area (Å²) in [6.07, 6.45) is 2.90. The molecule has 1 aromatic heterocycles. The number of primary amides is 1. The number of hydrogen-bond acceptors (Lipinski definition) is 4. The first-order valence-electron chi connectivity index (χ1n) is 7.64. The first-order chi connectivity index (χ1) is 12.1. The Morgan fingerprint density at radius 2 is 1.64 bits per heavy atom. The molecule has 0 fully saturated rings. The lowest BCUT2D eigenvalue weighted by Crippen LogP contribution is -2.19. The van der Waals surface area contributed by atoms with Crippen molar-refractivity contribution in [1.29, 1.82) is 0 Å². The summed E-state index contributed by atoms with van der Waals surface area (Å²) in [5.41, 5.74) is 7.90. The van der Waals surface area contributed by atoms with Crippen LogP contribution < -0.4 is 11.1 Å². The van der Waals surface area contributed by atoms with E-state index in [1.54, 1.807) is 25.1 Å². The Kier molecular flexibility index (Phi) is 4.52. The van der Waals surface area contributed by atoms with Crippen LogP contribution in [0, 0.1) is 6.92 Å². The van der Waals surface area contributed by atoms with E-state index in [2.05, 4.69) is 15.3 Å². The molecule has 2 amide bonds. The largest absolute Gasteiger partial charge is 0.366 e. The number of carbonyl (C=O) groups excluding carboxylic acids is 2. The molecule has 0 aliphatic rings. The monoisotopic (exact) mass is 332 g/mol. The average molecular weight is 332 g/mol. The standard InChI is InChI=1S/C19H16N4O2/c1-12-6-5-9-15(16(12)17(20)24)23-19(25)14-10-21-18(22-11-14)13-7-3-2-4-8-13/h2-11H,1H3,(H2,20,24)(H,23,25). The van der Waals surface area contributed by atoms with Crippen LogP contribution in [0.25, 0.3) is 11.4 Å². The third kappa shape index (κ3) is 3.53. The van der Waals surface area contributed by atoms with Gasteiger partial charge in [-0.1, -0.05) is 42.5 Å². The highest BCUT2D eigenvalue weighted by atomic mass is 16.2. The molecule has 0 bridgehead atoms. The maximum atomic E-state index is 12.4. The predicted octanol–water partition coefficient (Wildman–Crippen LogP) is 2.80. The Morgan fingerprint density at radius 3 is 2.28 bits per heavy atom. The van der Waals surface area contributed by atoms with Crippen molar-refractivity contribution in [3.05, 3.63) is 77.6 Å². The number of nitrogens with zero attached hydrogens (tertiary/aromatic N) is 2. The Hall–Kier alpha value is -3.54. The molecule has 3 aromatic rings. The van der Waals surface area contributed by atoms with E-state index in [9.17, 15) is 9.59 Å². The highest BCUT2D eigenvalue weighted by Crippen LogP contribution is 2.20. The van der Waals surface area contributed by atoms with Crippen molar-refractivity contribution in [2.45, 2.75) is 6.92 Å². The number of anilines is 1. The van der Waals surface area contributed by atoms with Gasteiger partial charge in [0.25, 0.3) is 11.8 Å². The van der Waals surface area contributed by atoms with Crippen LogP contribution in [0.1, 0.15) is 26.3 Å². The Balaban J connectivity index is 1.83. The van der Waals surface area contributed by atoms with Gasteiger partial charge in [0.1, 0.15) is 0 Å². The van der Waals surface area contributed by atoms with E-state index in [-0.39, 0.29) is 11.1 Å². The molecule has 0 atom stereocenters. The van der Waals surface area contributed by atoms with E-state index in [0.717, 1.165) is 5.56 Å². The van der Waals surface area contributed by atoms with Crippen LogP contribution in [-0.2, 0) is 0 Å². The Bertz CT molecular complexity index is 922. The minimum atomic E-state index is -0.593. The molecule has 0 aliphatic heterocycles. The van der Waals surface area contributed by atoms with E-state index >= 15 is 0 Å². The topological polar surface area (TPSA) is 98.0 Å². The summed E-state index contributed by atoms with van der Waals surface area (Å²) >= 11 is 0. The molecule has 0 aliphatic carbocycles. The van der Waals surface area contributed by atoms with Crippen molar-refractivity contribution in [3.63, 3.8) is 0 Å². The van der Waals surface area contributed by atoms with Gasteiger partial charge < -0.3 is 11.1 Å². The quantitative estimate of drug-likeness (QED) is 0.767. The molecule has 3 rings (SSSR count). The minimum absolute atomic E-state index is 0.289. The summed E-state index contributed by atoms with van der Waals surface area (Å²) < 4.78 is 0. The summed E-state index contributed by atoms with van der Waals surface area (Å²) in [5.74, 6) is -0.470. The van der Waals surface area contributed by atoms with Crippen molar-refractivity contribution in [1.82, 2.24) is 9.97 Å². The molecule has 1 heterocycles. The fraction of sp³-hybridized carbons (Fsp3) is 0.0526. The van der Waals surface area contributed by atoms with Crippen LogP contribution in [-0.4, -0.2) is 21.8 Å². The van der Waals surface area contributed by atoms with Crippen LogP contribution in [0.15, 0.2) is 60.9 Å². The number of nitrogens with one attached hydrogen (secondary N) is 1. The fourth-order valence-corrected chi connectivity index (χ4v) is 2.48. The smallest absolute Gasteiger partial charge is 0.258 e. The van der Waals surface area contributed by atoms with Crippen LogP contribution in [0.4, 0.5) is 5.69 Å². The predicted molar refractivity (Wildman–Crippen MR) is 95.1 cm³/mol. The number of aryl methyl sites for hydroxylation is 1. The second kappa shape index (κ2) is 6.92. The third-order valence-electron chi connectivity index (χ3n) is 3.71. The van der Waals surface area contributed by atoms with Gasteiger partial charge in [-0.15, -0.1) is 0 Å². The SMILES string of the molecule is Cc1cccc(NC(=O)c2cnc(-c3ccccc3)nc2)c1C(N)=O. The summed E-state index contributed by atoms with van der Waals surface area (Å²) in [6, 6.07) is 14.6. The number of rotatable bonds is 4. The first-order valence-corrected chi connectivity index (χ1v) is 7.64. The Morgan fingerprint density at radius 1 is 0.960 bits per heavy atom. The number of carbonyl (C=O) groups is 2. The van der Waals surface area contributed by atoms with E-state index < -0.39 is 11.8 Å². The first kappa shape index (κ1) is 16.3. The van der Waals surface area contributed by atoms with Crippen molar-refractivity contribution in [2.24, 2.45) is 5.73 Å². The third-order valence-corrected chi connectivity index (χ3v) is 3.71. The van der Waals surface area contributed by atoms with Crippen molar-refractivity contribution in [2.75, 3.05) is 5.32 Å². The molecule has 0 spiro atoms. The molecule has 0 saturated heterocycles. The number of hydrogen-bond donors (Lipinski definition) is 2. The lowest BCUT2D eigenvalue weighted by atomic mass is 10.1. The molecule has 6 nitrogen and oxygen atoms in total. The molecule has 3 N–H and O–H groups in total. The van der Waals surface area contributed by atoms with Gasteiger partial charge in [-0.3, -0.25) is 9.59 Å². The summed E-state index contributed by atoms with van der Waals surface area (Å²) in [5, 5.41) is 2.69. The van der Waals surface area contributed by atoms with E-state index in [4.69, 9.17) is 5.73 Å². The van der Waals surface area contributed by atoms with E-state index in [1.165, 1.54) is 12.4 Å². The second-order valence-electron chi connectivity index (χ2n) is 5.48. The van der Waals surface area contributed by atoms with Crippen LogP contribution >= 0.6 is 0 Å². The lowest BCUT2D eigenvalue weighted by molar-refractivity contribution is 0.100. The maximum Gasteiger partial charge on any atom is 0.258 e. The highest BCUT2D eigenvalue weighted by molar-refractivity contribution is 6.09. The molecular formula is C19H16N4O2. The number of benzene rings is 2. The molecule has 2 aromatic carbocycles. The van der Waals surface area contributed by atoms with Gasteiger partial charge in [-0.25, -0.2) is 9.97 Å². The normalized spacial score (nSPS) is 10.3. The van der Waals surface area contributed by atoms with Crippen LogP contribution in [0.2, 0.25) is 0 Å². The summed E-state index contributed by atoms with van der Waals surface area (Å²) in [6.45, 7) is 1.76. The lowest BCUT2D eigenvalue weighted by Gasteiger charge is -2.11. The Labute approximate surface area is 144 Å². The van der Waals surface area contributed by atoms with Crippen LogP contribution in [0.5, 0.6) is 0 Å². The van der Waals surface area contributed by atoms with Gasteiger partial charge in [-0.2, -0.15) is 0 Å². The van der Waals surface area contributed by atoms with Crippen molar-refractivity contribution < 1.29 is 9.59 Å². The zero-order valence-corrected chi connectivity index (χ0v) is 13.6. The van der Waals surface area contributed by atoms with Gasteiger partial charge in [0, 0.05) is 18.0 Å². The van der Waals surface area contributed by atoms with Crippen LogP contribution in [0.3, 0.4) is 0 Å². The van der Waals surface area contributed by atoms with E-state index in [0.29, 0.717) is 17.1 Å². The van der Waals surface area contributed by atoms with Crippen molar-refractivity contribution in [3.8, 4) is 11.4 Å². The zero-order valence-electron chi connectivity index (χ0n) is 13.6. The fourth-order valence-electron chi connectivity index (χ4n) is 2.48. The molecule has 0 unspecified atom stereocenters. The minimum Gasteiger partial charge on any atom is -0.366 e. The second-order valence-corrected chi connectivity index (χ2v) is 5.48. The van der Waals surface area contributed by atoms with E-state index in [1.807, 2.05) is 30.3 Å². The van der Waals surface area contributed by atoms with Gasteiger partial charge >= 0.3 is 0 Å². The molecule has 0 saturated carbocycles. The van der Waals surface area contributed by atoms with Gasteiger partial charge in [0.05, 0.1) is 16.8 Å². The molecule has 124 valence electrons. The summed E-state index contributed by atoms with van der Waals surface area (Å²) in [7, 11) is 0. The molecule has 6 heteroatoms. The zero-order chi connectivity index (χ0) is 17.8. The van der Waals surface area contributed by atoms with Gasteiger partial charge in [-0.05, 0) is 18.6 Å². The average Bonchev–Trinajstić information content (AvgIpc) is 2.62. The summed E-state index contributed by atoms with van der Waals surface area (Å²) in [4.78, 5) is 32.5. The van der Waals surface area contributed by atoms with Gasteiger partial charge in [0.2, 0.25) is 0 Å². The molecule has 0 radical (unpaired) electrons. The maximum absolute atomic E-state index is 12.4. The highest BCUT2D eigenvalue weighted by Gasteiger charge is 2.15. The van der Waals surface area contributed by atoms with Crippen molar-refractivity contribution >= 4 is 17.5 Å². The molecule has 25 heavy (non-hydrogen) atoms. The molecular weight excluding hydrogens is 316 g/mol. The van der Waals surface area contributed by atoms with Gasteiger partial charge in [0.15, 0.2) is 5.82 Å². The number of aromatic nitrogens is 2. The number of amides is 2. The number of nitrogens with two attached hydrogens (primary N) is 1.